The SMILES string of the molecule is C=CC1(C=CC(=O)O)C=CC=CN1. The van der Waals surface area contributed by atoms with Crippen molar-refractivity contribution in [1.82, 2.24) is 5.32 Å². The first kappa shape index (κ1) is 9.32. The van der Waals surface area contributed by atoms with Crippen molar-refractivity contribution in [2.24, 2.45) is 0 Å². The molecule has 0 spiro atoms. The van der Waals surface area contributed by atoms with Crippen LogP contribution >= 0.6 is 0 Å². The van der Waals surface area contributed by atoms with Gasteiger partial charge in [-0.1, -0.05) is 18.2 Å². The van der Waals surface area contributed by atoms with Crippen LogP contribution in [0.5, 0.6) is 0 Å². The molecule has 3 heteroatoms. The molecule has 0 amide bonds. The summed E-state index contributed by atoms with van der Waals surface area (Å²) in [5.41, 5.74) is -0.562. The Morgan fingerprint density at radius 1 is 1.54 bits per heavy atom. The minimum atomic E-state index is -0.967. The summed E-state index contributed by atoms with van der Waals surface area (Å²) >= 11 is 0. The van der Waals surface area contributed by atoms with Crippen LogP contribution in [-0.2, 0) is 4.79 Å². The third-order valence-electron chi connectivity index (χ3n) is 1.75. The van der Waals surface area contributed by atoms with E-state index in [4.69, 9.17) is 5.11 Å². The molecule has 0 radical (unpaired) electrons. The first-order chi connectivity index (χ1) is 6.18. The Morgan fingerprint density at radius 2 is 2.31 bits per heavy atom. The smallest absolute Gasteiger partial charge is 0.328 e. The topological polar surface area (TPSA) is 49.3 Å². The van der Waals surface area contributed by atoms with E-state index in [-0.39, 0.29) is 0 Å². The molecule has 1 unspecified atom stereocenters. The summed E-state index contributed by atoms with van der Waals surface area (Å²) in [4.78, 5) is 10.3. The number of hydrogen-bond donors (Lipinski definition) is 2. The summed E-state index contributed by atoms with van der Waals surface area (Å²) < 4.78 is 0. The number of dihydropyridines is 1. The molecule has 0 saturated heterocycles. The molecule has 2 N–H and O–H groups in total. The van der Waals surface area contributed by atoms with Crippen LogP contribution in [-0.4, -0.2) is 16.6 Å². The normalized spacial score (nSPS) is 25.8. The van der Waals surface area contributed by atoms with Crippen LogP contribution in [0.1, 0.15) is 0 Å². The molecule has 13 heavy (non-hydrogen) atoms. The van der Waals surface area contributed by atoms with Crippen molar-refractivity contribution in [2.45, 2.75) is 5.54 Å². The van der Waals surface area contributed by atoms with E-state index in [2.05, 4.69) is 11.9 Å². The lowest BCUT2D eigenvalue weighted by Gasteiger charge is -2.25. The van der Waals surface area contributed by atoms with Crippen LogP contribution in [0.4, 0.5) is 0 Å². The maximum absolute atomic E-state index is 10.3. The predicted octanol–water partition coefficient (Wildman–Crippen LogP) is 1.23. The van der Waals surface area contributed by atoms with Gasteiger partial charge in [0, 0.05) is 6.08 Å². The Labute approximate surface area is 76.8 Å². The van der Waals surface area contributed by atoms with Crippen molar-refractivity contribution < 1.29 is 9.90 Å². The molecule has 1 aliphatic heterocycles. The molecule has 0 saturated carbocycles. The summed E-state index contributed by atoms with van der Waals surface area (Å²) in [7, 11) is 0. The first-order valence-electron chi connectivity index (χ1n) is 3.86. The average Bonchev–Trinajstić information content (AvgIpc) is 2.16. The van der Waals surface area contributed by atoms with Gasteiger partial charge in [0.1, 0.15) is 0 Å². The minimum absolute atomic E-state index is 0.562. The van der Waals surface area contributed by atoms with Gasteiger partial charge in [0.05, 0.1) is 5.54 Å². The van der Waals surface area contributed by atoms with Gasteiger partial charge in [-0.05, 0) is 18.4 Å². The van der Waals surface area contributed by atoms with Crippen molar-refractivity contribution in [3.05, 3.63) is 49.2 Å². The van der Waals surface area contributed by atoms with Crippen LogP contribution < -0.4 is 5.32 Å². The highest BCUT2D eigenvalue weighted by Gasteiger charge is 2.18. The van der Waals surface area contributed by atoms with Crippen molar-refractivity contribution in [3.63, 3.8) is 0 Å². The van der Waals surface area contributed by atoms with E-state index in [0.717, 1.165) is 6.08 Å². The van der Waals surface area contributed by atoms with Crippen LogP contribution in [0, 0.1) is 0 Å². The molecule has 0 aromatic rings. The molecule has 0 fully saturated rings. The largest absolute Gasteiger partial charge is 0.478 e. The van der Waals surface area contributed by atoms with Crippen LogP contribution in [0.3, 0.4) is 0 Å². The Morgan fingerprint density at radius 3 is 2.77 bits per heavy atom. The number of carboxylic acids is 1. The van der Waals surface area contributed by atoms with E-state index >= 15 is 0 Å². The minimum Gasteiger partial charge on any atom is -0.478 e. The number of allylic oxidation sites excluding steroid dienone is 2. The summed E-state index contributed by atoms with van der Waals surface area (Å²) in [6.07, 6.45) is 11.5. The molecule has 68 valence electrons. The fraction of sp³-hybridized carbons (Fsp3) is 0.100. The zero-order valence-electron chi connectivity index (χ0n) is 7.10. The summed E-state index contributed by atoms with van der Waals surface area (Å²) in [6.45, 7) is 3.64. The van der Waals surface area contributed by atoms with E-state index < -0.39 is 11.5 Å². The summed E-state index contributed by atoms with van der Waals surface area (Å²) in [5.74, 6) is -0.967. The average molecular weight is 177 g/mol. The lowest BCUT2D eigenvalue weighted by atomic mass is 9.97. The van der Waals surface area contributed by atoms with Crippen molar-refractivity contribution in [3.8, 4) is 0 Å². The Balaban J connectivity index is 2.82. The number of hydrogen-bond acceptors (Lipinski definition) is 2. The highest BCUT2D eigenvalue weighted by molar-refractivity contribution is 5.80. The molecule has 1 atom stereocenters. The molecule has 0 aromatic heterocycles. The molecular weight excluding hydrogens is 166 g/mol. The highest BCUT2D eigenvalue weighted by atomic mass is 16.4. The second-order valence-electron chi connectivity index (χ2n) is 2.67. The second kappa shape index (κ2) is 3.76. The van der Waals surface area contributed by atoms with Gasteiger partial charge in [0.2, 0.25) is 0 Å². The Hall–Kier alpha value is -1.77. The van der Waals surface area contributed by atoms with Crippen molar-refractivity contribution >= 4 is 5.97 Å². The fourth-order valence-electron chi connectivity index (χ4n) is 1.02. The highest BCUT2D eigenvalue weighted by Crippen LogP contribution is 2.13. The third kappa shape index (κ3) is 2.33. The zero-order chi connectivity index (χ0) is 9.73. The van der Waals surface area contributed by atoms with E-state index in [1.165, 1.54) is 0 Å². The van der Waals surface area contributed by atoms with E-state index in [9.17, 15) is 4.79 Å². The summed E-state index contributed by atoms with van der Waals surface area (Å²) in [6, 6.07) is 0. The van der Waals surface area contributed by atoms with Crippen LogP contribution in [0.2, 0.25) is 0 Å². The third-order valence-corrected chi connectivity index (χ3v) is 1.75. The lowest BCUT2D eigenvalue weighted by Crippen LogP contribution is -2.37. The number of aliphatic carboxylic acids is 1. The van der Waals surface area contributed by atoms with Gasteiger partial charge in [-0.25, -0.2) is 4.79 Å². The molecule has 3 nitrogen and oxygen atoms in total. The number of nitrogens with one attached hydrogen (secondary N) is 1. The lowest BCUT2D eigenvalue weighted by molar-refractivity contribution is -0.131. The quantitative estimate of drug-likeness (QED) is 0.503. The molecule has 0 aromatic carbocycles. The van der Waals surface area contributed by atoms with Gasteiger partial charge in [0.25, 0.3) is 0 Å². The standard InChI is InChI=1S/C10H11NO2/c1-2-10(7-5-9(12)13)6-3-4-8-11-10/h2-8,11H,1H2,(H,12,13). The van der Waals surface area contributed by atoms with Gasteiger partial charge in [-0.15, -0.1) is 6.58 Å². The van der Waals surface area contributed by atoms with E-state index in [0.29, 0.717) is 0 Å². The molecule has 1 rings (SSSR count). The van der Waals surface area contributed by atoms with Crippen LogP contribution in [0.15, 0.2) is 49.2 Å². The van der Waals surface area contributed by atoms with Gasteiger partial charge < -0.3 is 10.4 Å². The summed E-state index contributed by atoms with van der Waals surface area (Å²) in [5, 5.41) is 11.5. The molecular formula is C10H11NO2. The maximum Gasteiger partial charge on any atom is 0.328 e. The predicted molar refractivity (Wildman–Crippen MR) is 51.1 cm³/mol. The van der Waals surface area contributed by atoms with Crippen molar-refractivity contribution in [2.75, 3.05) is 0 Å². The van der Waals surface area contributed by atoms with Gasteiger partial charge in [-0.3, -0.25) is 0 Å². The second-order valence-corrected chi connectivity index (χ2v) is 2.67. The van der Waals surface area contributed by atoms with E-state index in [1.807, 2.05) is 18.2 Å². The van der Waals surface area contributed by atoms with Gasteiger partial charge >= 0.3 is 5.97 Å². The van der Waals surface area contributed by atoms with E-state index in [1.54, 1.807) is 18.4 Å². The molecule has 1 heterocycles. The van der Waals surface area contributed by atoms with Crippen LogP contribution in [0.25, 0.3) is 0 Å². The zero-order valence-corrected chi connectivity index (χ0v) is 7.10. The maximum atomic E-state index is 10.3. The monoisotopic (exact) mass is 177 g/mol. The van der Waals surface area contributed by atoms with Gasteiger partial charge in [-0.2, -0.15) is 0 Å². The molecule has 0 bridgehead atoms. The Bertz CT molecular complexity index is 302. The van der Waals surface area contributed by atoms with Crippen molar-refractivity contribution in [1.29, 1.82) is 0 Å². The number of carboxylic acid groups (broad SMARTS) is 1. The van der Waals surface area contributed by atoms with Gasteiger partial charge in [0.15, 0.2) is 0 Å². The molecule has 0 aliphatic carbocycles. The molecule has 1 aliphatic rings. The number of carbonyl (C=O) groups is 1. The Kier molecular flexibility index (Phi) is 2.69. The first-order valence-corrected chi connectivity index (χ1v) is 3.86. The fourth-order valence-corrected chi connectivity index (χ4v) is 1.02. The number of rotatable bonds is 3.